The number of aliphatic hydroxyl groups is 1. The number of anilines is 3. The van der Waals surface area contributed by atoms with Crippen LogP contribution in [-0.4, -0.2) is 77.5 Å². The van der Waals surface area contributed by atoms with Crippen LogP contribution in [0.1, 0.15) is 18.4 Å². The lowest BCUT2D eigenvalue weighted by Gasteiger charge is -2.23. The number of rotatable bonds is 11. The van der Waals surface area contributed by atoms with Crippen LogP contribution in [0, 0.1) is 0 Å². The van der Waals surface area contributed by atoms with E-state index in [1.165, 1.54) is 10.2 Å². The third-order valence-corrected chi connectivity index (χ3v) is 9.20. The third kappa shape index (κ3) is 5.49. The normalized spacial score (nSPS) is 15.1. The van der Waals surface area contributed by atoms with Gasteiger partial charge in [0.05, 0.1) is 57.0 Å². The van der Waals surface area contributed by atoms with Gasteiger partial charge in [0, 0.05) is 24.9 Å². The first kappa shape index (κ1) is 29.3. The van der Waals surface area contributed by atoms with Gasteiger partial charge in [0.1, 0.15) is 18.0 Å². The Bertz CT molecular complexity index is 1870. The van der Waals surface area contributed by atoms with Crippen LogP contribution in [0.4, 0.5) is 17.6 Å². The molecule has 13 nitrogen and oxygen atoms in total. The zero-order chi connectivity index (χ0) is 30.8. The van der Waals surface area contributed by atoms with Crippen molar-refractivity contribution in [1.29, 1.82) is 0 Å². The minimum atomic E-state index is -3.82. The quantitative estimate of drug-likeness (QED) is 0.223. The number of hydrogen-bond donors (Lipinski definition) is 2. The van der Waals surface area contributed by atoms with Gasteiger partial charge in [-0.2, -0.15) is 9.97 Å². The van der Waals surface area contributed by atoms with Gasteiger partial charge in [-0.05, 0) is 24.5 Å². The van der Waals surface area contributed by atoms with E-state index in [1.807, 2.05) is 11.0 Å². The molecule has 44 heavy (non-hydrogen) atoms. The molecule has 4 heterocycles. The number of fused-ring (bicyclic) bond motifs is 1. The molecule has 1 aliphatic rings. The first-order chi connectivity index (χ1) is 21.3. The lowest BCUT2D eigenvalue weighted by Crippen LogP contribution is -2.33. The maximum absolute atomic E-state index is 13.6. The Balaban J connectivity index is 1.40. The van der Waals surface area contributed by atoms with Crippen molar-refractivity contribution < 1.29 is 27.7 Å². The topological polar surface area (TPSA) is 146 Å². The Morgan fingerprint density at radius 2 is 1.77 bits per heavy atom. The highest BCUT2D eigenvalue weighted by atomic mass is 32.2. The van der Waals surface area contributed by atoms with Gasteiger partial charge >= 0.3 is 0 Å². The predicted molar refractivity (Wildman–Crippen MR) is 166 cm³/mol. The fourth-order valence-corrected chi connectivity index (χ4v) is 6.84. The first-order valence-corrected chi connectivity index (χ1v) is 15.6. The molecule has 5 aromatic rings. The van der Waals surface area contributed by atoms with Gasteiger partial charge in [-0.25, -0.2) is 17.4 Å². The van der Waals surface area contributed by atoms with Gasteiger partial charge in [0.15, 0.2) is 17.1 Å². The minimum absolute atomic E-state index is 0.0589. The molecule has 0 radical (unpaired) electrons. The molecule has 0 bridgehead atoms. The highest BCUT2D eigenvalue weighted by molar-refractivity contribution is 7.89. The van der Waals surface area contributed by atoms with E-state index >= 15 is 0 Å². The average Bonchev–Trinajstić information content (AvgIpc) is 3.80. The lowest BCUT2D eigenvalue weighted by atomic mass is 10.2. The van der Waals surface area contributed by atoms with Crippen LogP contribution in [0.25, 0.3) is 16.7 Å². The number of imidazole rings is 1. The van der Waals surface area contributed by atoms with Crippen molar-refractivity contribution in [2.45, 2.75) is 24.6 Å². The number of nitrogens with zero attached hydrogens (tertiary/aromatic N) is 6. The number of methoxy groups -OCH3 is 3. The summed E-state index contributed by atoms with van der Waals surface area (Å²) in [6, 6.07) is 14.1. The molecular weight excluding hydrogens is 586 g/mol. The monoisotopic (exact) mass is 619 g/mol. The second-order valence-electron chi connectivity index (χ2n) is 10.3. The zero-order valence-corrected chi connectivity index (χ0v) is 25.4. The summed E-state index contributed by atoms with van der Waals surface area (Å²) >= 11 is 0. The van der Waals surface area contributed by atoms with Crippen LogP contribution >= 0.6 is 0 Å². The van der Waals surface area contributed by atoms with Crippen molar-refractivity contribution in [3.05, 3.63) is 72.8 Å². The van der Waals surface area contributed by atoms with Crippen molar-refractivity contribution >= 4 is 38.6 Å². The third-order valence-electron chi connectivity index (χ3n) is 7.61. The summed E-state index contributed by atoms with van der Waals surface area (Å²) in [4.78, 5) is 15.9. The zero-order valence-electron chi connectivity index (χ0n) is 24.5. The van der Waals surface area contributed by atoms with E-state index in [4.69, 9.17) is 24.2 Å². The summed E-state index contributed by atoms with van der Waals surface area (Å²) < 4.78 is 46.6. The summed E-state index contributed by atoms with van der Waals surface area (Å²) in [6.45, 7) is 0.583. The van der Waals surface area contributed by atoms with Gasteiger partial charge in [-0.15, -0.1) is 0 Å². The van der Waals surface area contributed by atoms with E-state index in [-0.39, 0.29) is 24.0 Å². The smallest absolute Gasteiger partial charge is 0.244 e. The second-order valence-corrected chi connectivity index (χ2v) is 12.2. The lowest BCUT2D eigenvalue weighted by molar-refractivity contribution is 0.265. The molecule has 1 aliphatic heterocycles. The molecule has 2 aromatic carbocycles. The predicted octanol–water partition coefficient (Wildman–Crippen LogP) is 3.73. The molecule has 6 rings (SSSR count). The van der Waals surface area contributed by atoms with Gasteiger partial charge < -0.3 is 34.1 Å². The number of nitrogens with one attached hydrogen (secondary N) is 1. The molecule has 14 heteroatoms. The van der Waals surface area contributed by atoms with Crippen LogP contribution in [0.3, 0.4) is 0 Å². The maximum atomic E-state index is 13.6. The molecule has 2 N–H and O–H groups in total. The Kier molecular flexibility index (Phi) is 8.01. The van der Waals surface area contributed by atoms with Crippen LogP contribution < -0.4 is 24.4 Å². The van der Waals surface area contributed by atoms with E-state index < -0.39 is 10.0 Å². The van der Waals surface area contributed by atoms with Crippen molar-refractivity contribution in [1.82, 2.24) is 23.5 Å². The number of benzene rings is 2. The highest BCUT2D eigenvalue weighted by Crippen LogP contribution is 2.39. The Morgan fingerprint density at radius 3 is 2.45 bits per heavy atom. The van der Waals surface area contributed by atoms with Crippen molar-refractivity contribution in [2.75, 3.05) is 44.7 Å². The molecule has 0 spiro atoms. The van der Waals surface area contributed by atoms with Crippen LogP contribution in [0.2, 0.25) is 0 Å². The Labute approximate surface area is 254 Å². The summed E-state index contributed by atoms with van der Waals surface area (Å²) in [5.41, 5.74) is 1.62. The van der Waals surface area contributed by atoms with E-state index in [2.05, 4.69) is 10.3 Å². The minimum Gasteiger partial charge on any atom is -0.493 e. The first-order valence-electron chi connectivity index (χ1n) is 14.0. The number of hydrogen-bond acceptors (Lipinski definition) is 11. The van der Waals surface area contributed by atoms with Gasteiger partial charge in [0.25, 0.3) is 0 Å². The Hall–Kier alpha value is -4.82. The van der Waals surface area contributed by atoms with Crippen LogP contribution in [-0.2, 0) is 15.8 Å². The van der Waals surface area contributed by atoms with E-state index in [0.717, 1.165) is 18.5 Å². The molecule has 0 unspecified atom stereocenters. The summed E-state index contributed by atoms with van der Waals surface area (Å²) in [5.74, 6) is 2.45. The molecule has 1 saturated heterocycles. The molecule has 0 aliphatic carbocycles. The van der Waals surface area contributed by atoms with Crippen LogP contribution in [0.5, 0.6) is 17.2 Å². The van der Waals surface area contributed by atoms with Gasteiger partial charge in [-0.1, -0.05) is 30.3 Å². The van der Waals surface area contributed by atoms with Crippen molar-refractivity contribution in [3.63, 3.8) is 0 Å². The fraction of sp³-hybridized carbons (Fsp3) is 0.300. The van der Waals surface area contributed by atoms with E-state index in [1.54, 1.807) is 80.9 Å². The molecule has 0 saturated carbocycles. The summed E-state index contributed by atoms with van der Waals surface area (Å²) in [7, 11) is 0.822. The molecule has 230 valence electrons. The largest absolute Gasteiger partial charge is 0.493 e. The summed E-state index contributed by atoms with van der Waals surface area (Å²) in [6.07, 6.45) is 6.54. The SMILES string of the molecule is COc1cc(-n2cnc(Nc3nc(N4CCC[C@H]4CO)nc4c3ccn4S(=O)(=O)Cc3ccccc3)c2)cc(OC)c1OC. The average molecular weight is 620 g/mol. The van der Waals surface area contributed by atoms with Gasteiger partial charge in [0.2, 0.25) is 21.7 Å². The molecule has 1 fully saturated rings. The number of ether oxygens (including phenoxy) is 3. The summed E-state index contributed by atoms with van der Waals surface area (Å²) in [5, 5.41) is 13.8. The van der Waals surface area contributed by atoms with Crippen LogP contribution in [0.15, 0.2) is 67.3 Å². The maximum Gasteiger partial charge on any atom is 0.244 e. The van der Waals surface area contributed by atoms with Crippen molar-refractivity contribution in [2.24, 2.45) is 0 Å². The highest BCUT2D eigenvalue weighted by Gasteiger charge is 2.29. The number of aromatic nitrogens is 5. The molecule has 0 amide bonds. The fourth-order valence-electron chi connectivity index (χ4n) is 5.44. The number of aliphatic hydroxyl groups excluding tert-OH is 1. The van der Waals surface area contributed by atoms with Crippen molar-refractivity contribution in [3.8, 4) is 22.9 Å². The standard InChI is InChI=1S/C30H33N7O6S/c1-41-24-14-22(15-25(42-2)27(24)43-3)35-16-26(31-19-35)32-28-23-11-13-37(44(39,40)18-20-8-5-4-6-9-20)29(23)34-30(33-28)36-12-7-10-21(36)17-38/h4-6,8-9,11,13-16,19,21,38H,7,10,12,17-18H2,1-3H3,(H,32,33,34)/t21-/m0/s1. The molecule has 3 aromatic heterocycles. The van der Waals surface area contributed by atoms with E-state index in [9.17, 15) is 13.5 Å². The Morgan fingerprint density at radius 1 is 1.02 bits per heavy atom. The van der Waals surface area contributed by atoms with Gasteiger partial charge in [-0.3, -0.25) is 0 Å². The van der Waals surface area contributed by atoms with E-state index in [0.29, 0.717) is 52.3 Å². The molecular formula is C30H33N7O6S. The second kappa shape index (κ2) is 12.1. The molecule has 1 atom stereocenters.